The van der Waals surface area contributed by atoms with Gasteiger partial charge in [0.05, 0.1) is 22.8 Å². The van der Waals surface area contributed by atoms with E-state index in [9.17, 15) is 9.59 Å². The van der Waals surface area contributed by atoms with Gasteiger partial charge in [-0.3, -0.25) is 14.5 Å². The Morgan fingerprint density at radius 2 is 1.70 bits per heavy atom. The summed E-state index contributed by atoms with van der Waals surface area (Å²) in [6.45, 7) is 0.398. The van der Waals surface area contributed by atoms with Gasteiger partial charge >= 0.3 is 0 Å². The van der Waals surface area contributed by atoms with Crippen LogP contribution in [0.5, 0.6) is 0 Å². The maximum Gasteiger partial charge on any atom is 0.261 e. The second-order valence-corrected chi connectivity index (χ2v) is 6.28. The normalized spacial score (nSPS) is 13.1. The summed E-state index contributed by atoms with van der Waals surface area (Å²) in [5.41, 5.74) is 2.69. The van der Waals surface area contributed by atoms with Crippen molar-refractivity contribution in [3.05, 3.63) is 70.8 Å². The van der Waals surface area contributed by atoms with Crippen molar-refractivity contribution in [3.8, 4) is 6.07 Å². The fourth-order valence-electron chi connectivity index (χ4n) is 2.52. The third-order valence-electron chi connectivity index (χ3n) is 3.66. The number of imide groups is 1. The van der Waals surface area contributed by atoms with Crippen molar-refractivity contribution >= 4 is 23.6 Å². The minimum absolute atomic E-state index is 0.210. The molecule has 0 saturated carbocycles. The number of hydrogen-bond donors (Lipinski definition) is 0. The fraction of sp³-hybridized carbons (Fsp3) is 0.167. The highest BCUT2D eigenvalue weighted by Crippen LogP contribution is 2.23. The summed E-state index contributed by atoms with van der Waals surface area (Å²) in [5, 5.41) is 8.88. The standard InChI is InChI=1S/C18H14N2O2S/c19-11-13-4-3-5-14(10-13)12-23-9-8-20-17(21)15-6-1-2-7-16(15)18(20)22/h1-7,10H,8-9,12H2. The Hall–Kier alpha value is -2.58. The second kappa shape index (κ2) is 6.67. The predicted molar refractivity (Wildman–Crippen MR) is 89.1 cm³/mol. The van der Waals surface area contributed by atoms with Crippen LogP contribution in [0.3, 0.4) is 0 Å². The number of thioether (sulfide) groups is 1. The molecule has 1 aliphatic rings. The zero-order chi connectivity index (χ0) is 16.2. The topological polar surface area (TPSA) is 61.2 Å². The molecule has 0 aliphatic carbocycles. The zero-order valence-corrected chi connectivity index (χ0v) is 13.2. The van der Waals surface area contributed by atoms with Gasteiger partial charge in [0.1, 0.15) is 0 Å². The molecule has 2 amide bonds. The van der Waals surface area contributed by atoms with E-state index in [4.69, 9.17) is 5.26 Å². The van der Waals surface area contributed by atoms with E-state index in [-0.39, 0.29) is 11.8 Å². The lowest BCUT2D eigenvalue weighted by Gasteiger charge is -2.13. The van der Waals surface area contributed by atoms with Crippen LogP contribution in [0.1, 0.15) is 31.8 Å². The minimum atomic E-state index is -0.210. The van der Waals surface area contributed by atoms with Crippen LogP contribution in [0, 0.1) is 11.3 Å². The molecule has 4 nitrogen and oxygen atoms in total. The molecule has 0 spiro atoms. The number of carbonyl (C=O) groups excluding carboxylic acids is 2. The summed E-state index contributed by atoms with van der Waals surface area (Å²) < 4.78 is 0. The molecule has 1 aliphatic heterocycles. The Balaban J connectivity index is 1.55. The summed E-state index contributed by atoms with van der Waals surface area (Å²) in [7, 11) is 0. The summed E-state index contributed by atoms with van der Waals surface area (Å²) >= 11 is 1.64. The first-order valence-corrected chi connectivity index (χ1v) is 8.38. The van der Waals surface area contributed by atoms with Gasteiger partial charge in [-0.1, -0.05) is 24.3 Å². The summed E-state index contributed by atoms with van der Waals surface area (Å²) in [6, 6.07) is 16.5. The number of amides is 2. The maximum absolute atomic E-state index is 12.2. The highest BCUT2D eigenvalue weighted by Gasteiger charge is 2.34. The third kappa shape index (κ3) is 3.13. The maximum atomic E-state index is 12.2. The molecule has 0 atom stereocenters. The molecule has 0 saturated heterocycles. The summed E-state index contributed by atoms with van der Waals surface area (Å²) in [6.07, 6.45) is 0. The monoisotopic (exact) mass is 322 g/mol. The van der Waals surface area contributed by atoms with Gasteiger partial charge in [0.25, 0.3) is 11.8 Å². The van der Waals surface area contributed by atoms with Crippen molar-refractivity contribution in [2.75, 3.05) is 12.3 Å². The van der Waals surface area contributed by atoms with Gasteiger partial charge in [-0.2, -0.15) is 17.0 Å². The molecular weight excluding hydrogens is 308 g/mol. The van der Waals surface area contributed by atoms with Gasteiger partial charge < -0.3 is 0 Å². The van der Waals surface area contributed by atoms with Crippen molar-refractivity contribution in [3.63, 3.8) is 0 Å². The molecule has 114 valence electrons. The van der Waals surface area contributed by atoms with Crippen LogP contribution in [0.4, 0.5) is 0 Å². The van der Waals surface area contributed by atoms with Gasteiger partial charge in [0.2, 0.25) is 0 Å². The van der Waals surface area contributed by atoms with Gasteiger partial charge in [0, 0.05) is 18.1 Å². The largest absolute Gasteiger partial charge is 0.274 e. The number of hydrogen-bond acceptors (Lipinski definition) is 4. The molecule has 0 unspecified atom stereocenters. The van der Waals surface area contributed by atoms with Gasteiger partial charge in [-0.05, 0) is 29.8 Å². The Bertz CT molecular complexity index is 776. The van der Waals surface area contributed by atoms with E-state index >= 15 is 0 Å². The number of benzene rings is 2. The van der Waals surface area contributed by atoms with Crippen LogP contribution in [-0.4, -0.2) is 29.0 Å². The van der Waals surface area contributed by atoms with Crippen molar-refractivity contribution in [2.45, 2.75) is 5.75 Å². The number of rotatable bonds is 5. The fourth-order valence-corrected chi connectivity index (χ4v) is 3.39. The van der Waals surface area contributed by atoms with Crippen molar-refractivity contribution in [2.24, 2.45) is 0 Å². The van der Waals surface area contributed by atoms with E-state index in [1.165, 1.54) is 4.90 Å². The van der Waals surface area contributed by atoms with Crippen LogP contribution in [0.25, 0.3) is 0 Å². The minimum Gasteiger partial charge on any atom is -0.274 e. The van der Waals surface area contributed by atoms with E-state index < -0.39 is 0 Å². The van der Waals surface area contributed by atoms with E-state index in [0.29, 0.717) is 29.0 Å². The lowest BCUT2D eigenvalue weighted by Crippen LogP contribution is -2.31. The molecule has 0 aromatic heterocycles. The van der Waals surface area contributed by atoms with Crippen LogP contribution < -0.4 is 0 Å². The number of carbonyl (C=O) groups is 2. The molecule has 23 heavy (non-hydrogen) atoms. The molecule has 1 heterocycles. The van der Waals surface area contributed by atoms with E-state index in [1.54, 1.807) is 42.1 Å². The molecule has 0 radical (unpaired) electrons. The Labute approximate surface area is 138 Å². The van der Waals surface area contributed by atoms with Crippen LogP contribution in [0.15, 0.2) is 48.5 Å². The van der Waals surface area contributed by atoms with Crippen molar-refractivity contribution in [1.29, 1.82) is 5.26 Å². The van der Waals surface area contributed by atoms with Crippen LogP contribution in [0.2, 0.25) is 0 Å². The van der Waals surface area contributed by atoms with Crippen LogP contribution >= 0.6 is 11.8 Å². The second-order valence-electron chi connectivity index (χ2n) is 5.17. The Kier molecular flexibility index (Phi) is 4.45. The Morgan fingerprint density at radius 3 is 2.35 bits per heavy atom. The smallest absolute Gasteiger partial charge is 0.261 e. The lowest BCUT2D eigenvalue weighted by atomic mass is 10.1. The molecule has 2 aromatic rings. The highest BCUT2D eigenvalue weighted by atomic mass is 32.2. The van der Waals surface area contributed by atoms with E-state index in [1.807, 2.05) is 18.2 Å². The first-order chi connectivity index (χ1) is 11.2. The zero-order valence-electron chi connectivity index (χ0n) is 12.4. The number of nitrogens with zero attached hydrogens (tertiary/aromatic N) is 2. The molecule has 2 aromatic carbocycles. The van der Waals surface area contributed by atoms with Gasteiger partial charge in [-0.15, -0.1) is 0 Å². The molecule has 3 rings (SSSR count). The SMILES string of the molecule is N#Cc1cccc(CSCCN2C(=O)c3ccccc3C2=O)c1. The quantitative estimate of drug-likeness (QED) is 0.627. The summed E-state index contributed by atoms with van der Waals surface area (Å²) in [4.78, 5) is 25.7. The van der Waals surface area contributed by atoms with Crippen molar-refractivity contribution < 1.29 is 9.59 Å². The van der Waals surface area contributed by atoms with Gasteiger partial charge in [0.15, 0.2) is 0 Å². The molecule has 0 fully saturated rings. The predicted octanol–water partition coefficient (Wildman–Crippen LogP) is 3.09. The number of fused-ring (bicyclic) bond motifs is 1. The molecule has 0 N–H and O–H groups in total. The molecule has 5 heteroatoms. The third-order valence-corrected chi connectivity index (χ3v) is 4.67. The first-order valence-electron chi connectivity index (χ1n) is 7.22. The first kappa shape index (κ1) is 15.3. The summed E-state index contributed by atoms with van der Waals surface area (Å²) in [5.74, 6) is 0.997. The van der Waals surface area contributed by atoms with E-state index in [0.717, 1.165) is 11.3 Å². The number of nitriles is 1. The molecule has 0 bridgehead atoms. The van der Waals surface area contributed by atoms with Gasteiger partial charge in [-0.25, -0.2) is 0 Å². The Morgan fingerprint density at radius 1 is 1.00 bits per heavy atom. The molecular formula is C18H14N2O2S. The lowest BCUT2D eigenvalue weighted by molar-refractivity contribution is 0.0664. The average molecular weight is 322 g/mol. The van der Waals surface area contributed by atoms with E-state index in [2.05, 4.69) is 6.07 Å². The van der Waals surface area contributed by atoms with Crippen molar-refractivity contribution in [1.82, 2.24) is 4.90 Å². The highest BCUT2D eigenvalue weighted by molar-refractivity contribution is 7.98. The average Bonchev–Trinajstić information content (AvgIpc) is 2.84. The van der Waals surface area contributed by atoms with Crippen LogP contribution in [-0.2, 0) is 5.75 Å².